The molecule has 1 saturated heterocycles. The van der Waals surface area contributed by atoms with Crippen molar-refractivity contribution in [1.82, 2.24) is 9.88 Å². The van der Waals surface area contributed by atoms with Gasteiger partial charge >= 0.3 is 0 Å². The first-order valence-corrected chi connectivity index (χ1v) is 8.65. The third-order valence-electron chi connectivity index (χ3n) is 3.75. The Balaban J connectivity index is 1.88. The number of piperazine rings is 1. The number of carbonyl (C=O) groups is 1. The van der Waals surface area contributed by atoms with Crippen LogP contribution < -0.4 is 4.90 Å². The van der Waals surface area contributed by atoms with E-state index >= 15 is 0 Å². The van der Waals surface area contributed by atoms with Crippen LogP contribution in [0.1, 0.15) is 12.0 Å². The van der Waals surface area contributed by atoms with Crippen molar-refractivity contribution < 1.29 is 9.90 Å². The molecule has 0 aliphatic carbocycles. The highest BCUT2D eigenvalue weighted by Crippen LogP contribution is 2.18. The quantitative estimate of drug-likeness (QED) is 0.884. The summed E-state index contributed by atoms with van der Waals surface area (Å²) < 4.78 is 0. The van der Waals surface area contributed by atoms with E-state index in [0.29, 0.717) is 19.5 Å². The molecule has 5 nitrogen and oxygen atoms in total. The molecule has 2 heterocycles. The van der Waals surface area contributed by atoms with Crippen molar-refractivity contribution in [2.45, 2.75) is 19.4 Å². The summed E-state index contributed by atoms with van der Waals surface area (Å²) in [5.41, 5.74) is 1.15. The van der Waals surface area contributed by atoms with Gasteiger partial charge in [-0.05, 0) is 37.0 Å². The number of aliphatic hydroxyl groups excluding tert-OH is 1. The molecule has 1 aliphatic rings. The zero-order valence-electron chi connectivity index (χ0n) is 12.7. The summed E-state index contributed by atoms with van der Waals surface area (Å²) in [5.74, 6) is 1.66. The molecule has 0 unspecified atom stereocenters. The molecule has 0 saturated carbocycles. The van der Waals surface area contributed by atoms with Crippen LogP contribution in [0.5, 0.6) is 0 Å². The Kier molecular flexibility index (Phi) is 5.87. The highest BCUT2D eigenvalue weighted by atomic mass is 32.2. The average Bonchev–Trinajstić information content (AvgIpc) is 2.52. The maximum Gasteiger partial charge on any atom is 0.251 e. The van der Waals surface area contributed by atoms with Crippen LogP contribution in [0, 0.1) is 6.92 Å². The van der Waals surface area contributed by atoms with Gasteiger partial charge in [0.2, 0.25) is 0 Å². The first-order chi connectivity index (χ1) is 10.1. The van der Waals surface area contributed by atoms with E-state index in [1.807, 2.05) is 25.3 Å². The number of carbonyl (C=O) groups excluding carboxylic acids is 1. The summed E-state index contributed by atoms with van der Waals surface area (Å²) in [6.45, 7) is 4.86. The van der Waals surface area contributed by atoms with Crippen molar-refractivity contribution in [3.05, 3.63) is 23.9 Å². The molecular weight excluding hydrogens is 286 g/mol. The Morgan fingerprint density at radius 2 is 2.14 bits per heavy atom. The molecule has 0 spiro atoms. The van der Waals surface area contributed by atoms with Crippen molar-refractivity contribution >= 4 is 23.5 Å². The second-order valence-corrected chi connectivity index (χ2v) is 6.24. The predicted octanol–water partition coefficient (Wildman–Crippen LogP) is 1.15. The smallest absolute Gasteiger partial charge is 0.251 e. The van der Waals surface area contributed by atoms with E-state index in [9.17, 15) is 9.90 Å². The zero-order chi connectivity index (χ0) is 15.2. The van der Waals surface area contributed by atoms with Crippen LogP contribution in [-0.4, -0.2) is 65.2 Å². The fourth-order valence-electron chi connectivity index (χ4n) is 2.51. The molecule has 21 heavy (non-hydrogen) atoms. The maximum atomic E-state index is 12.1. The monoisotopic (exact) mass is 309 g/mol. The molecule has 1 fully saturated rings. The standard InChI is InChI=1S/C15H23N3O2S/c1-12-4-3-6-16-14(12)17-7-9-18(10-8-17)15(20)13(19)5-11-21-2/h3-4,6,13,19H,5,7-11H2,1-2H3/t13-/m1/s1. The molecule has 1 aromatic rings. The number of nitrogens with zero attached hydrogens (tertiary/aromatic N) is 3. The van der Waals surface area contributed by atoms with Crippen LogP contribution in [0.25, 0.3) is 0 Å². The molecule has 1 atom stereocenters. The van der Waals surface area contributed by atoms with E-state index in [0.717, 1.165) is 30.2 Å². The Morgan fingerprint density at radius 3 is 2.76 bits per heavy atom. The van der Waals surface area contributed by atoms with Gasteiger partial charge in [0.05, 0.1) is 0 Å². The van der Waals surface area contributed by atoms with Crippen molar-refractivity contribution in [3.63, 3.8) is 0 Å². The summed E-state index contributed by atoms with van der Waals surface area (Å²) in [5, 5.41) is 9.90. The first-order valence-electron chi connectivity index (χ1n) is 7.26. The Labute approximate surface area is 130 Å². The average molecular weight is 309 g/mol. The lowest BCUT2D eigenvalue weighted by molar-refractivity contribution is -0.140. The maximum absolute atomic E-state index is 12.1. The summed E-state index contributed by atoms with van der Waals surface area (Å²) in [6, 6.07) is 3.98. The van der Waals surface area contributed by atoms with Gasteiger partial charge in [0.25, 0.3) is 5.91 Å². The topological polar surface area (TPSA) is 56.7 Å². The van der Waals surface area contributed by atoms with Gasteiger partial charge in [-0.2, -0.15) is 11.8 Å². The summed E-state index contributed by atoms with van der Waals surface area (Å²) in [4.78, 5) is 20.5. The number of hydrogen-bond donors (Lipinski definition) is 1. The molecular formula is C15H23N3O2S. The zero-order valence-corrected chi connectivity index (χ0v) is 13.5. The van der Waals surface area contributed by atoms with Crippen LogP contribution in [0.3, 0.4) is 0 Å². The Hall–Kier alpha value is -1.27. The van der Waals surface area contributed by atoms with Crippen molar-refractivity contribution in [3.8, 4) is 0 Å². The van der Waals surface area contributed by atoms with Crippen molar-refractivity contribution in [2.75, 3.05) is 43.1 Å². The van der Waals surface area contributed by atoms with Crippen molar-refractivity contribution in [1.29, 1.82) is 0 Å². The third kappa shape index (κ3) is 4.11. The Morgan fingerprint density at radius 1 is 1.43 bits per heavy atom. The highest BCUT2D eigenvalue weighted by Gasteiger charge is 2.26. The van der Waals surface area contributed by atoms with Gasteiger partial charge in [-0.3, -0.25) is 4.79 Å². The number of aliphatic hydroxyl groups is 1. The van der Waals surface area contributed by atoms with Crippen LogP contribution in [0.2, 0.25) is 0 Å². The van der Waals surface area contributed by atoms with Gasteiger partial charge in [-0.1, -0.05) is 6.07 Å². The van der Waals surface area contributed by atoms with E-state index in [2.05, 4.69) is 9.88 Å². The minimum Gasteiger partial charge on any atom is -0.383 e. The normalized spacial score (nSPS) is 16.9. The van der Waals surface area contributed by atoms with Gasteiger partial charge in [0.1, 0.15) is 11.9 Å². The minimum atomic E-state index is -0.861. The molecule has 0 radical (unpaired) electrons. The Bertz CT molecular complexity index is 476. The lowest BCUT2D eigenvalue weighted by atomic mass is 10.2. The van der Waals surface area contributed by atoms with E-state index in [4.69, 9.17) is 0 Å². The molecule has 1 aliphatic heterocycles. The van der Waals surface area contributed by atoms with Gasteiger partial charge in [-0.15, -0.1) is 0 Å². The predicted molar refractivity (Wildman–Crippen MR) is 86.8 cm³/mol. The number of anilines is 1. The van der Waals surface area contributed by atoms with Crippen molar-refractivity contribution in [2.24, 2.45) is 0 Å². The lowest BCUT2D eigenvalue weighted by Gasteiger charge is -2.36. The third-order valence-corrected chi connectivity index (χ3v) is 4.40. The number of aromatic nitrogens is 1. The fourth-order valence-corrected chi connectivity index (χ4v) is 2.97. The number of aryl methyl sites for hydroxylation is 1. The summed E-state index contributed by atoms with van der Waals surface area (Å²) in [7, 11) is 0. The first kappa shape index (κ1) is 16.1. The fraction of sp³-hybridized carbons (Fsp3) is 0.600. The van der Waals surface area contributed by atoms with Gasteiger partial charge in [0, 0.05) is 32.4 Å². The number of amides is 1. The van der Waals surface area contributed by atoms with Gasteiger partial charge in [0.15, 0.2) is 0 Å². The molecule has 0 bridgehead atoms. The molecule has 2 rings (SSSR count). The van der Waals surface area contributed by atoms with Gasteiger partial charge < -0.3 is 14.9 Å². The van der Waals surface area contributed by atoms with E-state index < -0.39 is 6.10 Å². The van der Waals surface area contributed by atoms with Gasteiger partial charge in [-0.25, -0.2) is 4.98 Å². The minimum absolute atomic E-state index is 0.138. The molecule has 1 N–H and O–H groups in total. The lowest BCUT2D eigenvalue weighted by Crippen LogP contribution is -2.52. The van der Waals surface area contributed by atoms with Crippen LogP contribution in [0.15, 0.2) is 18.3 Å². The van der Waals surface area contributed by atoms with Crippen LogP contribution in [0.4, 0.5) is 5.82 Å². The number of pyridine rings is 1. The number of rotatable bonds is 5. The molecule has 6 heteroatoms. The largest absolute Gasteiger partial charge is 0.383 e. The molecule has 1 amide bonds. The number of thioether (sulfide) groups is 1. The van der Waals surface area contributed by atoms with Crippen LogP contribution in [-0.2, 0) is 4.79 Å². The summed E-state index contributed by atoms with van der Waals surface area (Å²) in [6.07, 6.45) is 3.44. The second kappa shape index (κ2) is 7.66. The SMILES string of the molecule is CSCC[C@@H](O)C(=O)N1CCN(c2ncccc2C)CC1. The number of hydrogen-bond acceptors (Lipinski definition) is 5. The molecule has 1 aromatic heterocycles. The highest BCUT2D eigenvalue weighted by molar-refractivity contribution is 7.98. The van der Waals surface area contributed by atoms with E-state index in [-0.39, 0.29) is 5.91 Å². The van der Waals surface area contributed by atoms with E-state index in [1.165, 1.54) is 0 Å². The molecule has 116 valence electrons. The van der Waals surface area contributed by atoms with E-state index in [1.54, 1.807) is 22.9 Å². The second-order valence-electron chi connectivity index (χ2n) is 5.25. The van der Waals surface area contributed by atoms with Crippen LogP contribution >= 0.6 is 11.8 Å². The summed E-state index contributed by atoms with van der Waals surface area (Å²) >= 11 is 1.65. The molecule has 0 aromatic carbocycles.